The Hall–Kier alpha value is -7.23. The van der Waals surface area contributed by atoms with E-state index in [0.29, 0.717) is 5.69 Å². The van der Waals surface area contributed by atoms with Crippen LogP contribution >= 0.6 is 0 Å². The van der Waals surface area contributed by atoms with Crippen LogP contribution in [0.25, 0.3) is 62.1 Å². The first-order valence-corrected chi connectivity index (χ1v) is 20.7. The van der Waals surface area contributed by atoms with Crippen LogP contribution in [-0.2, 0) is 5.41 Å². The van der Waals surface area contributed by atoms with Crippen molar-refractivity contribution in [3.63, 3.8) is 0 Å². The fourth-order valence-corrected chi connectivity index (χ4v) is 9.20. The molecule has 1 heterocycles. The van der Waals surface area contributed by atoms with Gasteiger partial charge in [-0.3, -0.25) is 0 Å². The van der Waals surface area contributed by atoms with Gasteiger partial charge in [-0.2, -0.15) is 0 Å². The van der Waals surface area contributed by atoms with Gasteiger partial charge < -0.3 is 9.47 Å². The van der Waals surface area contributed by atoms with Crippen LogP contribution in [0, 0.1) is 19.7 Å². The molecule has 0 atom stereocenters. The molecule has 1 aliphatic rings. The Morgan fingerprint density at radius 2 is 1.07 bits per heavy atom. The highest BCUT2D eigenvalue weighted by molar-refractivity contribution is 5.96. The normalized spacial score (nSPS) is 12.8. The zero-order chi connectivity index (χ0) is 41.0. The van der Waals surface area contributed by atoms with Crippen LogP contribution in [-0.4, -0.2) is 4.57 Å². The molecule has 10 rings (SSSR count). The molecule has 290 valence electrons. The molecule has 0 fully saturated rings. The summed E-state index contributed by atoms with van der Waals surface area (Å²) in [6, 6.07) is 64.8. The van der Waals surface area contributed by atoms with Gasteiger partial charge in [-0.05, 0) is 130 Å². The molecule has 9 aromatic rings. The average molecular weight is 777 g/mol. The Labute approximate surface area is 352 Å². The molecule has 0 amide bonds. The second-order valence-corrected chi connectivity index (χ2v) is 16.4. The van der Waals surface area contributed by atoms with E-state index < -0.39 is 0 Å². The van der Waals surface area contributed by atoms with E-state index in [-0.39, 0.29) is 11.2 Å². The van der Waals surface area contributed by atoms with Crippen LogP contribution in [0.3, 0.4) is 0 Å². The predicted octanol–water partition coefficient (Wildman–Crippen LogP) is 15.7. The summed E-state index contributed by atoms with van der Waals surface area (Å²) in [7, 11) is 0. The number of aryl methyl sites for hydroxylation is 1. The van der Waals surface area contributed by atoms with Gasteiger partial charge >= 0.3 is 0 Å². The molecular weight excluding hydrogens is 732 g/mol. The van der Waals surface area contributed by atoms with E-state index in [4.69, 9.17) is 0 Å². The first kappa shape index (κ1) is 37.1. The summed E-state index contributed by atoms with van der Waals surface area (Å²) in [5.41, 5.74) is 18.3. The lowest BCUT2D eigenvalue weighted by Crippen LogP contribution is -2.15. The van der Waals surface area contributed by atoms with Crippen LogP contribution in [0.4, 0.5) is 21.5 Å². The van der Waals surface area contributed by atoms with Gasteiger partial charge in [-0.25, -0.2) is 4.39 Å². The summed E-state index contributed by atoms with van der Waals surface area (Å²) in [4.78, 5) is 2.04. The first-order valence-electron chi connectivity index (χ1n) is 20.7. The maximum absolute atomic E-state index is 16.9. The molecule has 3 heteroatoms. The second kappa shape index (κ2) is 14.9. The van der Waals surface area contributed by atoms with Crippen LogP contribution in [0.1, 0.15) is 47.4 Å². The molecule has 0 bridgehead atoms. The van der Waals surface area contributed by atoms with Gasteiger partial charge in [0.25, 0.3) is 0 Å². The Balaban J connectivity index is 0.992. The van der Waals surface area contributed by atoms with Gasteiger partial charge in [0.15, 0.2) is 0 Å². The monoisotopic (exact) mass is 776 g/mol. The number of nitrogens with zero attached hydrogens (tertiary/aromatic N) is 2. The fraction of sp³-hybridized carbons (Fsp3) is 0.0877. The molecule has 0 saturated carbocycles. The summed E-state index contributed by atoms with van der Waals surface area (Å²) in [6.07, 6.45) is 4.37. The number of anilines is 3. The van der Waals surface area contributed by atoms with Crippen LogP contribution < -0.4 is 4.90 Å². The average Bonchev–Trinajstić information content (AvgIpc) is 3.67. The molecule has 0 aliphatic heterocycles. The standard InChI is InChI=1S/C57H45FN2/c1-38-39(2)59(45-21-13-7-14-22-45)55-37-53-51(36-49(38)55)48-32-29-41(33-52(48)57(53,3)4)26-25-40-27-30-47(31-28-40)60(46-23-15-8-16-24-46)56-50(43-19-11-6-12-20-43)34-44(35-54(56)58)42-17-9-5-10-18-42/h5-37H,1-4H3/b26-25+. The zero-order valence-electron chi connectivity index (χ0n) is 34.3. The number of para-hydroxylation sites is 2. The topological polar surface area (TPSA) is 8.17 Å². The predicted molar refractivity (Wildman–Crippen MR) is 251 cm³/mol. The highest BCUT2D eigenvalue weighted by atomic mass is 19.1. The summed E-state index contributed by atoms with van der Waals surface area (Å²) in [5.74, 6) is -0.287. The smallest absolute Gasteiger partial charge is 0.148 e. The quantitative estimate of drug-likeness (QED) is 0.140. The van der Waals surface area contributed by atoms with Crippen molar-refractivity contribution in [2.45, 2.75) is 33.1 Å². The second-order valence-electron chi connectivity index (χ2n) is 16.4. The molecule has 8 aromatic carbocycles. The minimum atomic E-state index is -0.287. The highest BCUT2D eigenvalue weighted by Gasteiger charge is 2.36. The Kier molecular flexibility index (Phi) is 9.18. The molecular formula is C57H45FN2. The maximum atomic E-state index is 16.9. The minimum Gasteiger partial charge on any atom is -0.314 e. The summed E-state index contributed by atoms with van der Waals surface area (Å²) < 4.78 is 19.3. The highest BCUT2D eigenvalue weighted by Crippen LogP contribution is 2.51. The third-order valence-electron chi connectivity index (χ3n) is 12.5. The molecule has 60 heavy (non-hydrogen) atoms. The number of fused-ring (bicyclic) bond motifs is 4. The van der Waals surface area contributed by atoms with Crippen LogP contribution in [0.5, 0.6) is 0 Å². The number of hydrogen-bond donors (Lipinski definition) is 0. The Morgan fingerprint density at radius 3 is 1.75 bits per heavy atom. The van der Waals surface area contributed by atoms with Crippen LogP contribution in [0.2, 0.25) is 0 Å². The number of aromatic nitrogens is 1. The zero-order valence-corrected chi connectivity index (χ0v) is 34.3. The van der Waals surface area contributed by atoms with Crippen molar-refractivity contribution >= 4 is 40.1 Å². The van der Waals surface area contributed by atoms with E-state index in [2.05, 4.69) is 135 Å². The van der Waals surface area contributed by atoms with Gasteiger partial charge in [0.1, 0.15) is 5.82 Å². The summed E-state index contributed by atoms with van der Waals surface area (Å²) in [5, 5.41) is 1.31. The Morgan fingerprint density at radius 1 is 0.500 bits per heavy atom. The van der Waals surface area contributed by atoms with Crippen molar-refractivity contribution in [3.05, 3.63) is 227 Å². The van der Waals surface area contributed by atoms with Gasteiger partial charge in [-0.15, -0.1) is 0 Å². The lowest BCUT2D eigenvalue weighted by atomic mass is 9.81. The van der Waals surface area contributed by atoms with Gasteiger partial charge in [-0.1, -0.05) is 153 Å². The molecule has 0 N–H and O–H groups in total. The number of benzene rings is 8. The Bertz CT molecular complexity index is 3050. The summed E-state index contributed by atoms with van der Waals surface area (Å²) >= 11 is 0. The van der Waals surface area contributed by atoms with Crippen molar-refractivity contribution in [2.24, 2.45) is 0 Å². The van der Waals surface area contributed by atoms with E-state index in [0.717, 1.165) is 44.8 Å². The van der Waals surface area contributed by atoms with Gasteiger partial charge in [0.2, 0.25) is 0 Å². The number of hydrogen-bond acceptors (Lipinski definition) is 1. The van der Waals surface area contributed by atoms with E-state index in [1.165, 1.54) is 50.1 Å². The maximum Gasteiger partial charge on any atom is 0.148 e. The molecule has 0 radical (unpaired) electrons. The van der Waals surface area contributed by atoms with Crippen molar-refractivity contribution in [1.82, 2.24) is 4.57 Å². The molecule has 0 spiro atoms. The molecule has 0 saturated heterocycles. The van der Waals surface area contributed by atoms with Crippen LogP contribution in [0.15, 0.2) is 188 Å². The molecule has 2 nitrogen and oxygen atoms in total. The van der Waals surface area contributed by atoms with Gasteiger partial charge in [0.05, 0.1) is 11.2 Å². The van der Waals surface area contributed by atoms with E-state index in [1.54, 1.807) is 6.07 Å². The number of rotatable bonds is 8. The third kappa shape index (κ3) is 6.35. The number of halogens is 1. The first-order chi connectivity index (χ1) is 29.3. The summed E-state index contributed by atoms with van der Waals surface area (Å²) in [6.45, 7) is 9.17. The lowest BCUT2D eigenvalue weighted by Gasteiger charge is -2.29. The van der Waals surface area contributed by atoms with Gasteiger partial charge in [0, 0.05) is 39.1 Å². The molecule has 0 unspecified atom stereocenters. The van der Waals surface area contributed by atoms with Crippen molar-refractivity contribution in [1.29, 1.82) is 0 Å². The van der Waals surface area contributed by atoms with E-state index >= 15 is 4.39 Å². The van der Waals surface area contributed by atoms with Crippen molar-refractivity contribution < 1.29 is 4.39 Å². The largest absolute Gasteiger partial charge is 0.314 e. The SMILES string of the molecule is Cc1c(C)n(-c2ccccc2)c2cc3c(cc12)-c1ccc(/C=C/c2ccc(N(c4ccccc4)c4c(F)cc(-c5ccccc5)cc4-c4ccccc4)cc2)cc1C3(C)C. The van der Waals surface area contributed by atoms with E-state index in [9.17, 15) is 0 Å². The molecule has 1 aliphatic carbocycles. The van der Waals surface area contributed by atoms with Crippen molar-refractivity contribution in [2.75, 3.05) is 4.90 Å². The third-order valence-corrected chi connectivity index (χ3v) is 12.5. The molecule has 1 aromatic heterocycles. The fourth-order valence-electron chi connectivity index (χ4n) is 9.20. The lowest BCUT2D eigenvalue weighted by molar-refractivity contribution is 0.630. The minimum absolute atomic E-state index is 0.161. The van der Waals surface area contributed by atoms with Crippen molar-refractivity contribution in [3.8, 4) is 39.1 Å². The van der Waals surface area contributed by atoms with E-state index in [1.807, 2.05) is 95.9 Å².